The molecule has 4 N–H and O–H groups in total. The summed E-state index contributed by atoms with van der Waals surface area (Å²) in [6, 6.07) is 0. The average molecular weight is 847 g/mol. The van der Waals surface area contributed by atoms with E-state index in [-0.39, 0.29) is 47.9 Å². The second kappa shape index (κ2) is 13.4. The number of hydrogen-bond acceptors (Lipinski definition) is 10. The summed E-state index contributed by atoms with van der Waals surface area (Å²) in [5.74, 6) is -4.13. The number of allylic oxidation sites excluding steroid dienone is 5. The maximum atomic E-state index is 17.2. The van der Waals surface area contributed by atoms with E-state index in [1.165, 1.54) is 12.2 Å². The van der Waals surface area contributed by atoms with Gasteiger partial charge in [0.2, 0.25) is 0 Å². The number of ether oxygens (including phenoxy) is 2. The Hall–Kier alpha value is -2.19. The Balaban J connectivity index is 0.000000165. The van der Waals surface area contributed by atoms with Gasteiger partial charge in [0.1, 0.15) is 17.9 Å². The van der Waals surface area contributed by atoms with E-state index in [1.54, 1.807) is 46.8 Å². The third-order valence-corrected chi connectivity index (χ3v) is 18.6. The number of hydrogen-bond donors (Lipinski definition) is 4. The Morgan fingerprint density at radius 3 is 2.07 bits per heavy atom. The highest BCUT2D eigenvalue weighted by molar-refractivity contribution is 6.29. The summed E-state index contributed by atoms with van der Waals surface area (Å²) < 4.78 is 46.6. The molecule has 1 saturated heterocycles. The molecule has 0 radical (unpaired) electrons. The van der Waals surface area contributed by atoms with E-state index in [2.05, 4.69) is 0 Å². The van der Waals surface area contributed by atoms with E-state index >= 15 is 8.78 Å². The molecule has 59 heavy (non-hydrogen) atoms. The van der Waals surface area contributed by atoms with Gasteiger partial charge in [-0.1, -0.05) is 44.9 Å². The van der Waals surface area contributed by atoms with E-state index < -0.39 is 98.4 Å². The highest BCUT2D eigenvalue weighted by atomic mass is 35.5. The minimum Gasteiger partial charge on any atom is -0.390 e. The number of rotatable bonds is 4. The van der Waals surface area contributed by atoms with Crippen LogP contribution >= 0.6 is 11.6 Å². The standard InChI is InChI=1S/C24H32ClFO5.C22H29FO5/c1-20(2)30-19-10-16-15-6-5-13-9-14(27)7-8-21(13,3)23(15,26)17(28)11-22(16,4)24(19,31-20)18(29)12-25;1-12-8-16-15-5-4-13-9-14(25)6-7-19(13,2)21(15,23)17(26)10-20(16,3)22(12,28)18(27)11-24/h9,15-17,19,28H,5-8,10-12H2,1-4H3;6-7,9,12,15-17,24,26,28H,4-5,8,10-11H2,1-3H3/t15-,16-,17-,19+,21-,22-,23-,24+;12-,15-,16-,17-,19-,20-,21-,22-/m00/s1. The zero-order chi connectivity index (χ0) is 43.3. The molecule has 0 unspecified atom stereocenters. The number of aliphatic hydroxyl groups is 4. The Morgan fingerprint density at radius 1 is 0.831 bits per heavy atom. The second-order valence-corrected chi connectivity index (χ2v) is 21.3. The van der Waals surface area contributed by atoms with Crippen molar-refractivity contribution in [3.05, 3.63) is 35.5 Å². The first-order valence-electron chi connectivity index (χ1n) is 21.6. The van der Waals surface area contributed by atoms with Crippen molar-refractivity contribution >= 4 is 34.7 Å². The van der Waals surface area contributed by atoms with Gasteiger partial charge in [0.25, 0.3) is 0 Å². The molecule has 0 spiro atoms. The predicted molar refractivity (Wildman–Crippen MR) is 212 cm³/mol. The van der Waals surface area contributed by atoms with E-state index in [0.29, 0.717) is 56.9 Å². The number of halogens is 3. The number of Topliss-reactive ketones (excluding diaryl/α,β-unsaturated/α-hetero) is 2. The Morgan fingerprint density at radius 2 is 1.42 bits per heavy atom. The highest BCUT2D eigenvalue weighted by Crippen LogP contribution is 2.74. The van der Waals surface area contributed by atoms with Gasteiger partial charge >= 0.3 is 0 Å². The summed E-state index contributed by atoms with van der Waals surface area (Å²) in [5, 5.41) is 43.4. The van der Waals surface area contributed by atoms with Crippen LogP contribution in [-0.2, 0) is 28.7 Å². The first-order valence-corrected chi connectivity index (χ1v) is 22.1. The Labute approximate surface area is 350 Å². The molecule has 10 nitrogen and oxygen atoms in total. The SMILES string of the molecule is CC1(C)O[C@@H]2C[C@H]3[C@@H]4CCC5=CC(=O)CC[C@]5(C)[C@@]4(F)[C@@H](O)C[C@]3(C)[C@]2(C(=O)CCl)O1.C[C@H]1C[C@H]2[C@@H]3CCC4=CC(=O)C=C[C@]4(C)[C@@]3(F)[C@@H](O)C[C@]2(C)[C@@]1(O)C(=O)CO. The largest absolute Gasteiger partial charge is 0.390 e. The minimum atomic E-state index is -1.98. The van der Waals surface area contributed by atoms with Crippen LogP contribution in [0.3, 0.4) is 0 Å². The molecule has 9 rings (SSSR count). The molecule has 326 valence electrons. The smallest absolute Gasteiger partial charge is 0.190 e. The molecular weight excluding hydrogens is 786 g/mol. The molecule has 8 aliphatic carbocycles. The van der Waals surface area contributed by atoms with E-state index in [9.17, 15) is 39.6 Å². The topological polar surface area (TPSA) is 168 Å². The number of alkyl halides is 3. The van der Waals surface area contributed by atoms with Crippen molar-refractivity contribution in [2.45, 2.75) is 159 Å². The molecule has 7 fully saturated rings. The lowest BCUT2D eigenvalue weighted by Gasteiger charge is -2.63. The fourth-order valence-corrected chi connectivity index (χ4v) is 15.7. The summed E-state index contributed by atoms with van der Waals surface area (Å²) in [4.78, 5) is 49.7. The maximum absolute atomic E-state index is 17.2. The summed E-state index contributed by atoms with van der Waals surface area (Å²) in [7, 11) is 0. The van der Waals surface area contributed by atoms with Crippen molar-refractivity contribution in [3.63, 3.8) is 0 Å². The monoisotopic (exact) mass is 846 g/mol. The lowest BCUT2D eigenvalue weighted by molar-refractivity contribution is -0.250. The highest BCUT2D eigenvalue weighted by Gasteiger charge is 2.80. The van der Waals surface area contributed by atoms with Gasteiger partial charge in [-0.2, -0.15) is 0 Å². The third-order valence-electron chi connectivity index (χ3n) is 18.4. The molecule has 0 bridgehead atoms. The van der Waals surface area contributed by atoms with Crippen LogP contribution in [0.25, 0.3) is 0 Å². The van der Waals surface area contributed by atoms with Gasteiger partial charge in [-0.25, -0.2) is 8.78 Å². The molecular formula is C46H61ClF2O10. The van der Waals surface area contributed by atoms with Crippen LogP contribution in [0, 0.1) is 51.2 Å². The number of fused-ring (bicyclic) bond motifs is 12. The van der Waals surface area contributed by atoms with Gasteiger partial charge in [0.05, 0.1) is 24.2 Å². The minimum absolute atomic E-state index is 0.0377. The zero-order valence-corrected chi connectivity index (χ0v) is 36.0. The predicted octanol–water partition coefficient (Wildman–Crippen LogP) is 5.79. The van der Waals surface area contributed by atoms with Gasteiger partial charge in [0, 0.05) is 39.9 Å². The van der Waals surface area contributed by atoms with Gasteiger partial charge in [-0.15, -0.1) is 11.6 Å². The van der Waals surface area contributed by atoms with Crippen LogP contribution in [0.4, 0.5) is 8.78 Å². The Kier molecular flexibility index (Phi) is 9.88. The molecule has 16 atom stereocenters. The lowest BCUT2D eigenvalue weighted by Crippen LogP contribution is -2.70. The van der Waals surface area contributed by atoms with E-state index in [4.69, 9.17) is 21.1 Å². The first-order chi connectivity index (χ1) is 27.3. The fourth-order valence-electron chi connectivity index (χ4n) is 15.5. The van der Waals surface area contributed by atoms with Crippen LogP contribution in [0.5, 0.6) is 0 Å². The van der Waals surface area contributed by atoms with Gasteiger partial charge < -0.3 is 29.9 Å². The van der Waals surface area contributed by atoms with Gasteiger partial charge in [-0.3, -0.25) is 19.2 Å². The van der Waals surface area contributed by atoms with Crippen LogP contribution in [0.2, 0.25) is 0 Å². The average Bonchev–Trinajstić information content (AvgIpc) is 3.67. The quantitative estimate of drug-likeness (QED) is 0.255. The van der Waals surface area contributed by atoms with Crippen molar-refractivity contribution in [2.24, 2.45) is 51.2 Å². The summed E-state index contributed by atoms with van der Waals surface area (Å²) in [5.41, 5.74) is -9.17. The number of aliphatic hydroxyl groups excluding tert-OH is 3. The molecule has 13 heteroatoms. The summed E-state index contributed by atoms with van der Waals surface area (Å²) >= 11 is 6.05. The van der Waals surface area contributed by atoms with Crippen molar-refractivity contribution in [1.29, 1.82) is 0 Å². The van der Waals surface area contributed by atoms with Crippen LogP contribution < -0.4 is 0 Å². The molecule has 0 amide bonds. The van der Waals surface area contributed by atoms with Crippen molar-refractivity contribution in [1.82, 2.24) is 0 Å². The van der Waals surface area contributed by atoms with E-state index in [0.717, 1.165) is 5.57 Å². The molecule has 0 aromatic rings. The zero-order valence-electron chi connectivity index (χ0n) is 35.3. The number of ketones is 4. The maximum Gasteiger partial charge on any atom is 0.190 e. The summed E-state index contributed by atoms with van der Waals surface area (Å²) in [6.45, 7) is 11.9. The summed E-state index contributed by atoms with van der Waals surface area (Å²) in [6.07, 6.45) is 6.72. The first kappa shape index (κ1) is 43.5. The van der Waals surface area contributed by atoms with E-state index in [1.807, 2.05) is 13.8 Å². The molecule has 1 aliphatic heterocycles. The number of carbonyl (C=O) groups excluding carboxylic acids is 4. The molecule has 6 saturated carbocycles. The Bertz CT molecular complexity index is 1970. The molecule has 0 aromatic heterocycles. The molecule has 9 aliphatic rings. The van der Waals surface area contributed by atoms with Crippen molar-refractivity contribution in [2.75, 3.05) is 12.5 Å². The lowest BCUT2D eigenvalue weighted by atomic mass is 9.44. The van der Waals surface area contributed by atoms with Crippen molar-refractivity contribution in [3.8, 4) is 0 Å². The third kappa shape index (κ3) is 5.17. The fraction of sp³-hybridized carbons (Fsp3) is 0.783. The van der Waals surface area contributed by atoms with Crippen LogP contribution in [0.1, 0.15) is 113 Å². The normalized spacial score (nSPS) is 52.6. The van der Waals surface area contributed by atoms with Crippen LogP contribution in [-0.4, -0.2) is 103 Å². The van der Waals surface area contributed by atoms with Crippen molar-refractivity contribution < 1.29 is 57.9 Å². The second-order valence-electron chi connectivity index (χ2n) is 21.0. The molecule has 0 aromatic carbocycles. The van der Waals surface area contributed by atoms with Gasteiger partial charge in [-0.05, 0) is 115 Å². The van der Waals surface area contributed by atoms with Gasteiger partial charge in [0.15, 0.2) is 40.2 Å². The number of carbonyl (C=O) groups is 4. The molecule has 1 heterocycles. The van der Waals surface area contributed by atoms with Crippen LogP contribution in [0.15, 0.2) is 35.5 Å².